The van der Waals surface area contributed by atoms with Crippen LogP contribution in [-0.2, 0) is 4.79 Å². The molecule has 1 aliphatic heterocycles. The summed E-state index contributed by atoms with van der Waals surface area (Å²) >= 11 is 0. The average Bonchev–Trinajstić information content (AvgIpc) is 2.07. The molecule has 0 aromatic rings. The molecule has 1 unspecified atom stereocenters. The molecule has 0 bridgehead atoms. The molecule has 1 atom stereocenters. The summed E-state index contributed by atoms with van der Waals surface area (Å²) in [7, 11) is 4.20. The predicted molar refractivity (Wildman–Crippen MR) is 54.8 cm³/mol. The minimum Gasteiger partial charge on any atom is -0.337 e. The molecule has 80 valence electrons. The third kappa shape index (κ3) is 1.33. The summed E-state index contributed by atoms with van der Waals surface area (Å²) in [6, 6.07) is -0.228. The number of amides is 1. The average molecular weight is 197 g/mol. The van der Waals surface area contributed by atoms with Crippen LogP contribution in [0.15, 0.2) is 0 Å². The van der Waals surface area contributed by atoms with E-state index in [1.165, 1.54) is 19.3 Å². The van der Waals surface area contributed by atoms with Crippen LogP contribution in [-0.4, -0.2) is 54.5 Å². The van der Waals surface area contributed by atoms with E-state index in [0.29, 0.717) is 0 Å². The van der Waals surface area contributed by atoms with Gasteiger partial charge < -0.3 is 15.5 Å². The van der Waals surface area contributed by atoms with Gasteiger partial charge in [0.2, 0.25) is 5.91 Å². The number of hydrogen-bond acceptors (Lipinski definition) is 3. The zero-order valence-electron chi connectivity index (χ0n) is 8.99. The molecule has 1 saturated heterocycles. The molecule has 1 saturated carbocycles. The van der Waals surface area contributed by atoms with Gasteiger partial charge in [-0.15, -0.1) is 0 Å². The Labute approximate surface area is 85.0 Å². The molecular formula is C10H19N3O. The zero-order chi connectivity index (χ0) is 10.3. The maximum atomic E-state index is 11.4. The number of nitrogens with zero attached hydrogens (tertiary/aromatic N) is 2. The summed E-state index contributed by atoms with van der Waals surface area (Å²) in [5.41, 5.74) is 5.81. The monoisotopic (exact) mass is 197 g/mol. The van der Waals surface area contributed by atoms with Gasteiger partial charge in [-0.25, -0.2) is 0 Å². The van der Waals surface area contributed by atoms with E-state index in [-0.39, 0.29) is 17.5 Å². The first-order valence-electron chi connectivity index (χ1n) is 5.27. The second-order valence-electron chi connectivity index (χ2n) is 4.80. The van der Waals surface area contributed by atoms with Crippen molar-refractivity contribution >= 4 is 5.91 Å². The number of carbonyl (C=O) groups is 1. The summed E-state index contributed by atoms with van der Waals surface area (Å²) in [5.74, 6) is 0.123. The van der Waals surface area contributed by atoms with E-state index in [0.717, 1.165) is 13.1 Å². The lowest BCUT2D eigenvalue weighted by Crippen LogP contribution is -2.67. The van der Waals surface area contributed by atoms with Gasteiger partial charge in [-0.2, -0.15) is 0 Å². The largest absolute Gasteiger partial charge is 0.337 e. The Morgan fingerprint density at radius 3 is 2.50 bits per heavy atom. The molecule has 2 N–H and O–H groups in total. The lowest BCUT2D eigenvalue weighted by Gasteiger charge is -2.52. The number of likely N-dealkylation sites (N-methyl/N-ethyl adjacent to an activating group) is 1. The molecule has 2 aliphatic rings. The molecule has 1 aliphatic carbocycles. The minimum absolute atomic E-state index is 0.123. The van der Waals surface area contributed by atoms with E-state index in [4.69, 9.17) is 5.73 Å². The second-order valence-corrected chi connectivity index (χ2v) is 4.80. The second kappa shape index (κ2) is 3.21. The van der Waals surface area contributed by atoms with Gasteiger partial charge in [-0.3, -0.25) is 4.79 Å². The number of rotatable bonds is 3. The molecule has 2 fully saturated rings. The van der Waals surface area contributed by atoms with Gasteiger partial charge in [0.05, 0.1) is 0 Å². The van der Waals surface area contributed by atoms with E-state index in [2.05, 4.69) is 19.0 Å². The summed E-state index contributed by atoms with van der Waals surface area (Å²) in [5, 5.41) is 0. The summed E-state index contributed by atoms with van der Waals surface area (Å²) < 4.78 is 0. The maximum Gasteiger partial charge on any atom is 0.241 e. The zero-order valence-corrected chi connectivity index (χ0v) is 8.99. The molecule has 0 aromatic heterocycles. The number of carbonyl (C=O) groups excluding carboxylic acids is 1. The Kier molecular flexibility index (Phi) is 2.27. The number of hydrogen-bond donors (Lipinski definition) is 1. The van der Waals surface area contributed by atoms with Gasteiger partial charge in [0.15, 0.2) is 0 Å². The first kappa shape index (κ1) is 9.93. The third-order valence-corrected chi connectivity index (χ3v) is 3.76. The van der Waals surface area contributed by atoms with Gasteiger partial charge in [0, 0.05) is 18.6 Å². The fraction of sp³-hybridized carbons (Fsp3) is 0.900. The number of likely N-dealkylation sites (tertiary alicyclic amines) is 1. The Morgan fingerprint density at radius 2 is 2.21 bits per heavy atom. The first-order valence-corrected chi connectivity index (χ1v) is 5.27. The SMILES string of the molecule is CN(C)C1(CN2CC(N)C2=O)CCC1. The van der Waals surface area contributed by atoms with Crippen LogP contribution in [0.1, 0.15) is 19.3 Å². The molecule has 1 amide bonds. The Bertz CT molecular complexity index is 248. The van der Waals surface area contributed by atoms with Crippen LogP contribution in [0.5, 0.6) is 0 Å². The van der Waals surface area contributed by atoms with Crippen molar-refractivity contribution in [2.45, 2.75) is 30.8 Å². The first-order chi connectivity index (χ1) is 6.55. The number of β-lactam (4-membered cyclic amide) rings is 1. The van der Waals surface area contributed by atoms with Crippen molar-refractivity contribution in [3.63, 3.8) is 0 Å². The molecule has 0 radical (unpaired) electrons. The van der Waals surface area contributed by atoms with E-state index >= 15 is 0 Å². The van der Waals surface area contributed by atoms with Crippen molar-refractivity contribution < 1.29 is 4.79 Å². The van der Waals surface area contributed by atoms with E-state index < -0.39 is 0 Å². The van der Waals surface area contributed by atoms with Gasteiger partial charge >= 0.3 is 0 Å². The van der Waals surface area contributed by atoms with E-state index in [9.17, 15) is 4.79 Å². The maximum absolute atomic E-state index is 11.4. The van der Waals surface area contributed by atoms with Gasteiger partial charge in [-0.05, 0) is 33.4 Å². The van der Waals surface area contributed by atoms with Crippen LogP contribution in [0.2, 0.25) is 0 Å². The van der Waals surface area contributed by atoms with Crippen molar-refractivity contribution in [3.05, 3.63) is 0 Å². The highest BCUT2D eigenvalue weighted by atomic mass is 16.2. The minimum atomic E-state index is -0.228. The molecular weight excluding hydrogens is 178 g/mol. The van der Waals surface area contributed by atoms with Crippen LogP contribution >= 0.6 is 0 Å². The molecule has 0 aromatic carbocycles. The van der Waals surface area contributed by atoms with E-state index in [1.54, 1.807) is 0 Å². The Morgan fingerprint density at radius 1 is 1.57 bits per heavy atom. The highest BCUT2D eigenvalue weighted by Gasteiger charge is 2.45. The van der Waals surface area contributed by atoms with Crippen molar-refractivity contribution in [2.24, 2.45) is 5.73 Å². The third-order valence-electron chi connectivity index (χ3n) is 3.76. The summed E-state index contributed by atoms with van der Waals surface area (Å²) in [6.07, 6.45) is 3.70. The van der Waals surface area contributed by atoms with Crippen molar-refractivity contribution in [2.75, 3.05) is 27.2 Å². The fourth-order valence-corrected chi connectivity index (χ4v) is 2.36. The quantitative estimate of drug-likeness (QED) is 0.629. The lowest BCUT2D eigenvalue weighted by molar-refractivity contribution is -0.146. The highest BCUT2D eigenvalue weighted by molar-refractivity contribution is 5.87. The highest BCUT2D eigenvalue weighted by Crippen LogP contribution is 2.37. The van der Waals surface area contributed by atoms with Gasteiger partial charge in [-0.1, -0.05) is 0 Å². The van der Waals surface area contributed by atoms with Gasteiger partial charge in [0.25, 0.3) is 0 Å². The Hall–Kier alpha value is -0.610. The summed E-state index contributed by atoms with van der Waals surface area (Å²) in [4.78, 5) is 15.5. The van der Waals surface area contributed by atoms with Crippen LogP contribution in [0.4, 0.5) is 0 Å². The topological polar surface area (TPSA) is 49.6 Å². The molecule has 2 rings (SSSR count). The van der Waals surface area contributed by atoms with Crippen LogP contribution in [0.3, 0.4) is 0 Å². The number of nitrogens with two attached hydrogens (primary N) is 1. The predicted octanol–water partition coefficient (Wildman–Crippen LogP) is -0.360. The van der Waals surface area contributed by atoms with Crippen molar-refractivity contribution in [3.8, 4) is 0 Å². The molecule has 4 nitrogen and oxygen atoms in total. The van der Waals surface area contributed by atoms with Crippen molar-refractivity contribution in [1.29, 1.82) is 0 Å². The molecule has 0 spiro atoms. The smallest absolute Gasteiger partial charge is 0.241 e. The van der Waals surface area contributed by atoms with E-state index in [1.807, 2.05) is 4.90 Å². The molecule has 14 heavy (non-hydrogen) atoms. The standard InChI is InChI=1S/C10H19N3O/c1-12(2)10(4-3-5-10)7-13-6-8(11)9(13)14/h8H,3-7,11H2,1-2H3. The summed E-state index contributed by atoms with van der Waals surface area (Å²) in [6.45, 7) is 1.61. The Balaban J connectivity index is 1.93. The van der Waals surface area contributed by atoms with Crippen LogP contribution < -0.4 is 5.73 Å². The van der Waals surface area contributed by atoms with Crippen molar-refractivity contribution in [1.82, 2.24) is 9.80 Å². The fourth-order valence-electron chi connectivity index (χ4n) is 2.36. The molecule has 4 heteroatoms. The normalized spacial score (nSPS) is 30.1. The van der Waals surface area contributed by atoms with Crippen LogP contribution in [0.25, 0.3) is 0 Å². The van der Waals surface area contributed by atoms with Gasteiger partial charge in [0.1, 0.15) is 6.04 Å². The lowest BCUT2D eigenvalue weighted by atomic mass is 9.74. The van der Waals surface area contributed by atoms with Crippen LogP contribution in [0, 0.1) is 0 Å². The molecule has 1 heterocycles.